The highest BCUT2D eigenvalue weighted by Crippen LogP contribution is 2.39. The molecular formula is C18H23N3O3. The van der Waals surface area contributed by atoms with Crippen molar-refractivity contribution in [2.75, 3.05) is 20.8 Å². The fraction of sp³-hybridized carbons (Fsp3) is 0.444. The molecule has 3 rings (SSSR count). The first kappa shape index (κ1) is 16.4. The van der Waals surface area contributed by atoms with Crippen LogP contribution in [0.2, 0.25) is 0 Å². The van der Waals surface area contributed by atoms with Crippen LogP contribution in [-0.2, 0) is 7.05 Å². The van der Waals surface area contributed by atoms with Gasteiger partial charge in [0.25, 0.3) is 5.91 Å². The molecule has 0 N–H and O–H groups in total. The van der Waals surface area contributed by atoms with Crippen LogP contribution in [0.15, 0.2) is 24.4 Å². The molecule has 1 aliphatic heterocycles. The summed E-state index contributed by atoms with van der Waals surface area (Å²) in [6.07, 6.45) is 3.53. The second kappa shape index (κ2) is 6.55. The Morgan fingerprint density at radius 3 is 2.71 bits per heavy atom. The van der Waals surface area contributed by atoms with E-state index in [2.05, 4.69) is 5.10 Å². The van der Waals surface area contributed by atoms with Gasteiger partial charge in [-0.25, -0.2) is 0 Å². The molecule has 1 saturated heterocycles. The smallest absolute Gasteiger partial charge is 0.257 e. The van der Waals surface area contributed by atoms with E-state index in [1.54, 1.807) is 25.1 Å². The maximum absolute atomic E-state index is 13.0. The van der Waals surface area contributed by atoms with E-state index in [9.17, 15) is 4.79 Å². The van der Waals surface area contributed by atoms with Crippen molar-refractivity contribution >= 4 is 5.91 Å². The van der Waals surface area contributed by atoms with Gasteiger partial charge in [0, 0.05) is 24.8 Å². The number of rotatable bonds is 4. The van der Waals surface area contributed by atoms with Crippen molar-refractivity contribution in [2.24, 2.45) is 7.05 Å². The number of amides is 1. The molecule has 0 spiro atoms. The summed E-state index contributed by atoms with van der Waals surface area (Å²) in [5.41, 5.74) is 2.53. The van der Waals surface area contributed by atoms with Crippen LogP contribution in [0, 0.1) is 6.92 Å². The molecule has 0 bridgehead atoms. The van der Waals surface area contributed by atoms with E-state index < -0.39 is 0 Å². The van der Waals surface area contributed by atoms with Crippen molar-refractivity contribution in [3.63, 3.8) is 0 Å². The number of methoxy groups -OCH3 is 2. The number of aromatic nitrogens is 2. The predicted octanol–water partition coefficient (Wildman–Crippen LogP) is 2.72. The summed E-state index contributed by atoms with van der Waals surface area (Å²) < 4.78 is 12.6. The van der Waals surface area contributed by atoms with Gasteiger partial charge in [0.05, 0.1) is 32.0 Å². The van der Waals surface area contributed by atoms with Gasteiger partial charge >= 0.3 is 0 Å². The number of hydrogen-bond acceptors (Lipinski definition) is 4. The number of carbonyl (C=O) groups excluding carboxylic acids is 1. The third kappa shape index (κ3) is 2.72. The average molecular weight is 329 g/mol. The summed E-state index contributed by atoms with van der Waals surface area (Å²) in [4.78, 5) is 14.9. The summed E-state index contributed by atoms with van der Waals surface area (Å²) >= 11 is 0. The molecule has 2 aromatic rings. The molecule has 0 aliphatic carbocycles. The lowest BCUT2D eigenvalue weighted by atomic mass is 10.0. The van der Waals surface area contributed by atoms with Crippen LogP contribution in [-0.4, -0.2) is 41.4 Å². The SMILES string of the molecule is COc1ccc(OC)c([C@@H]2CCCN2C(=O)c2cnn(C)c2C)c1. The highest BCUT2D eigenvalue weighted by atomic mass is 16.5. The summed E-state index contributed by atoms with van der Waals surface area (Å²) in [6.45, 7) is 2.65. The molecule has 1 amide bonds. The molecule has 1 aromatic carbocycles. The minimum absolute atomic E-state index is 0.0119. The first-order valence-electron chi connectivity index (χ1n) is 8.08. The number of hydrogen-bond donors (Lipinski definition) is 0. The minimum Gasteiger partial charge on any atom is -0.497 e. The second-order valence-corrected chi connectivity index (χ2v) is 6.03. The Morgan fingerprint density at radius 2 is 2.08 bits per heavy atom. The first-order valence-corrected chi connectivity index (χ1v) is 8.08. The van der Waals surface area contributed by atoms with Gasteiger partial charge in [0.15, 0.2) is 0 Å². The fourth-order valence-corrected chi connectivity index (χ4v) is 3.30. The lowest BCUT2D eigenvalue weighted by Gasteiger charge is -2.26. The fourth-order valence-electron chi connectivity index (χ4n) is 3.30. The third-order valence-corrected chi connectivity index (χ3v) is 4.78. The quantitative estimate of drug-likeness (QED) is 0.865. The van der Waals surface area contributed by atoms with Crippen molar-refractivity contribution in [2.45, 2.75) is 25.8 Å². The highest BCUT2D eigenvalue weighted by molar-refractivity contribution is 5.95. The van der Waals surface area contributed by atoms with Crippen LogP contribution < -0.4 is 9.47 Å². The Bertz CT molecular complexity index is 754. The summed E-state index contributed by atoms with van der Waals surface area (Å²) in [6, 6.07) is 5.71. The van der Waals surface area contributed by atoms with Crippen LogP contribution >= 0.6 is 0 Å². The summed E-state index contributed by atoms with van der Waals surface area (Å²) in [7, 11) is 5.14. The normalized spacial score (nSPS) is 17.2. The molecule has 1 fully saturated rings. The van der Waals surface area contributed by atoms with Gasteiger partial charge in [-0.05, 0) is 38.0 Å². The topological polar surface area (TPSA) is 56.6 Å². The Kier molecular flexibility index (Phi) is 4.46. The first-order chi connectivity index (χ1) is 11.6. The molecule has 1 aromatic heterocycles. The van der Waals surface area contributed by atoms with Gasteiger partial charge in [-0.1, -0.05) is 0 Å². The maximum atomic E-state index is 13.0. The van der Waals surface area contributed by atoms with Crippen molar-refractivity contribution in [3.8, 4) is 11.5 Å². The Morgan fingerprint density at radius 1 is 1.29 bits per heavy atom. The molecule has 0 unspecified atom stereocenters. The monoisotopic (exact) mass is 329 g/mol. The zero-order valence-electron chi connectivity index (χ0n) is 14.6. The van der Waals surface area contributed by atoms with E-state index in [-0.39, 0.29) is 11.9 Å². The highest BCUT2D eigenvalue weighted by Gasteiger charge is 2.33. The van der Waals surface area contributed by atoms with E-state index in [4.69, 9.17) is 9.47 Å². The van der Waals surface area contributed by atoms with E-state index in [1.165, 1.54) is 0 Å². The van der Waals surface area contributed by atoms with E-state index in [0.717, 1.165) is 42.1 Å². The van der Waals surface area contributed by atoms with Crippen LogP contribution in [0.4, 0.5) is 0 Å². The molecule has 128 valence electrons. The molecular weight excluding hydrogens is 306 g/mol. The largest absolute Gasteiger partial charge is 0.497 e. The Balaban J connectivity index is 1.96. The van der Waals surface area contributed by atoms with Crippen molar-refractivity contribution in [1.82, 2.24) is 14.7 Å². The van der Waals surface area contributed by atoms with Gasteiger partial charge in [0.1, 0.15) is 11.5 Å². The Hall–Kier alpha value is -2.50. The molecule has 0 saturated carbocycles. The van der Waals surface area contributed by atoms with Gasteiger partial charge < -0.3 is 14.4 Å². The van der Waals surface area contributed by atoms with E-state index in [1.807, 2.05) is 37.1 Å². The number of nitrogens with zero attached hydrogens (tertiary/aromatic N) is 3. The van der Waals surface area contributed by atoms with Gasteiger partial charge in [0.2, 0.25) is 0 Å². The molecule has 0 radical (unpaired) electrons. The van der Waals surface area contributed by atoms with Gasteiger partial charge in [-0.2, -0.15) is 5.10 Å². The van der Waals surface area contributed by atoms with Gasteiger partial charge in [-0.3, -0.25) is 9.48 Å². The van der Waals surface area contributed by atoms with Gasteiger partial charge in [-0.15, -0.1) is 0 Å². The lowest BCUT2D eigenvalue weighted by Crippen LogP contribution is -2.31. The van der Waals surface area contributed by atoms with Crippen LogP contribution in [0.1, 0.15) is 40.5 Å². The summed E-state index contributed by atoms with van der Waals surface area (Å²) in [5, 5.41) is 4.19. The number of ether oxygens (including phenoxy) is 2. The lowest BCUT2D eigenvalue weighted by molar-refractivity contribution is 0.0733. The van der Waals surface area contributed by atoms with Crippen LogP contribution in [0.25, 0.3) is 0 Å². The van der Waals surface area contributed by atoms with E-state index >= 15 is 0 Å². The minimum atomic E-state index is -0.0119. The third-order valence-electron chi connectivity index (χ3n) is 4.78. The second-order valence-electron chi connectivity index (χ2n) is 6.03. The van der Waals surface area contributed by atoms with Crippen molar-refractivity contribution < 1.29 is 14.3 Å². The number of benzene rings is 1. The van der Waals surface area contributed by atoms with Crippen molar-refractivity contribution in [1.29, 1.82) is 0 Å². The number of aryl methyl sites for hydroxylation is 1. The Labute approximate surface area is 142 Å². The number of likely N-dealkylation sites (tertiary alicyclic amines) is 1. The molecule has 6 heteroatoms. The molecule has 1 aliphatic rings. The zero-order valence-corrected chi connectivity index (χ0v) is 14.6. The molecule has 2 heterocycles. The van der Waals surface area contributed by atoms with Crippen LogP contribution in [0.3, 0.4) is 0 Å². The zero-order chi connectivity index (χ0) is 17.3. The van der Waals surface area contributed by atoms with Crippen molar-refractivity contribution in [3.05, 3.63) is 41.2 Å². The van der Waals surface area contributed by atoms with Crippen LogP contribution in [0.5, 0.6) is 11.5 Å². The number of carbonyl (C=O) groups is 1. The average Bonchev–Trinajstić information content (AvgIpc) is 3.21. The maximum Gasteiger partial charge on any atom is 0.257 e. The molecule has 24 heavy (non-hydrogen) atoms. The standard InChI is InChI=1S/C18H23N3O3/c1-12-15(11-19-20(12)2)18(22)21-9-5-6-16(21)14-10-13(23-3)7-8-17(14)24-4/h7-8,10-11,16H,5-6,9H2,1-4H3/t16-/m0/s1. The molecule has 1 atom stereocenters. The van der Waals surface area contributed by atoms with E-state index in [0.29, 0.717) is 5.56 Å². The predicted molar refractivity (Wildman–Crippen MR) is 90.5 cm³/mol. The molecule has 6 nitrogen and oxygen atoms in total. The summed E-state index contributed by atoms with van der Waals surface area (Å²) in [5.74, 6) is 1.57.